The maximum Gasteiger partial charge on any atom is 0.182 e. The van der Waals surface area contributed by atoms with Gasteiger partial charge in [-0.1, -0.05) is 13.8 Å². The van der Waals surface area contributed by atoms with Gasteiger partial charge >= 0.3 is 0 Å². The van der Waals surface area contributed by atoms with Crippen molar-refractivity contribution in [2.75, 3.05) is 19.0 Å². The first-order valence-electron chi connectivity index (χ1n) is 3.36. The van der Waals surface area contributed by atoms with E-state index in [0.29, 0.717) is 0 Å². The van der Waals surface area contributed by atoms with Gasteiger partial charge in [0.1, 0.15) is 6.26 Å². The van der Waals surface area contributed by atoms with Crippen LogP contribution in [0.1, 0.15) is 13.8 Å². The fourth-order valence-corrected chi connectivity index (χ4v) is 0.427. The lowest BCUT2D eigenvalue weighted by Gasteiger charge is -2.03. The Labute approximate surface area is 61.7 Å². The predicted molar refractivity (Wildman–Crippen MR) is 42.2 cm³/mol. The molecule has 0 spiro atoms. The molecule has 0 saturated heterocycles. The molecule has 0 unspecified atom stereocenters. The first-order chi connectivity index (χ1) is 4.80. The normalized spacial score (nSPS) is 8.00. The highest BCUT2D eigenvalue weighted by Crippen LogP contribution is 2.03. The van der Waals surface area contributed by atoms with Gasteiger partial charge in [-0.25, -0.2) is 0 Å². The lowest BCUT2D eigenvalue weighted by Crippen LogP contribution is -2.08. The van der Waals surface area contributed by atoms with E-state index in [0.717, 1.165) is 5.82 Å². The molecule has 0 aliphatic carbocycles. The van der Waals surface area contributed by atoms with Crippen LogP contribution in [-0.4, -0.2) is 19.1 Å². The lowest BCUT2D eigenvalue weighted by atomic mass is 10.7. The van der Waals surface area contributed by atoms with Gasteiger partial charge in [0.05, 0.1) is 0 Å². The number of hydrogen-bond acceptors (Lipinski definition) is 3. The van der Waals surface area contributed by atoms with E-state index in [-0.39, 0.29) is 0 Å². The highest BCUT2D eigenvalue weighted by atomic mass is 16.3. The summed E-state index contributed by atoms with van der Waals surface area (Å²) in [5.74, 6) is 0.852. The molecule has 3 heteroatoms. The summed E-state index contributed by atoms with van der Waals surface area (Å²) in [6.07, 6.45) is 3.01. The van der Waals surface area contributed by atoms with Gasteiger partial charge in [-0.3, -0.25) is 0 Å². The standard InChI is InChI=1S/C5H8N2O.C2H6/c1-7(2)5-3-8-4-6-5;1-2/h3-4H,1-2H3;1-2H3. The molecule has 10 heavy (non-hydrogen) atoms. The van der Waals surface area contributed by atoms with Crippen LogP contribution in [0, 0.1) is 0 Å². The Morgan fingerprint density at radius 1 is 1.40 bits per heavy atom. The van der Waals surface area contributed by atoms with E-state index in [1.165, 1.54) is 6.39 Å². The summed E-state index contributed by atoms with van der Waals surface area (Å²) >= 11 is 0. The Hall–Kier alpha value is -0.990. The average Bonchev–Trinajstić information content (AvgIpc) is 2.42. The molecule has 0 bridgehead atoms. The lowest BCUT2D eigenvalue weighted by molar-refractivity contribution is 0.558. The number of nitrogens with zero attached hydrogens (tertiary/aromatic N) is 2. The zero-order valence-electron chi connectivity index (χ0n) is 6.96. The highest BCUT2D eigenvalue weighted by Gasteiger charge is 1.93. The summed E-state index contributed by atoms with van der Waals surface area (Å²) in [6, 6.07) is 0. The molecule has 3 nitrogen and oxygen atoms in total. The number of anilines is 1. The number of hydrogen-bond donors (Lipinski definition) is 0. The van der Waals surface area contributed by atoms with Crippen LogP contribution in [0.2, 0.25) is 0 Å². The van der Waals surface area contributed by atoms with E-state index in [1.54, 1.807) is 6.26 Å². The van der Waals surface area contributed by atoms with Gasteiger partial charge in [0.2, 0.25) is 0 Å². The van der Waals surface area contributed by atoms with Crippen molar-refractivity contribution in [2.45, 2.75) is 13.8 Å². The molecule has 1 aromatic rings. The van der Waals surface area contributed by atoms with E-state index in [1.807, 2.05) is 32.8 Å². The molecule has 0 saturated carbocycles. The van der Waals surface area contributed by atoms with Gasteiger partial charge < -0.3 is 9.32 Å². The molecule has 0 aliphatic rings. The molecule has 0 N–H and O–H groups in total. The van der Waals surface area contributed by atoms with E-state index < -0.39 is 0 Å². The summed E-state index contributed by atoms with van der Waals surface area (Å²) in [7, 11) is 3.83. The van der Waals surface area contributed by atoms with Crippen molar-refractivity contribution in [3.8, 4) is 0 Å². The van der Waals surface area contributed by atoms with Gasteiger partial charge in [0.15, 0.2) is 12.2 Å². The van der Waals surface area contributed by atoms with Crippen LogP contribution in [0.5, 0.6) is 0 Å². The van der Waals surface area contributed by atoms with E-state index in [2.05, 4.69) is 4.98 Å². The van der Waals surface area contributed by atoms with Crippen LogP contribution in [-0.2, 0) is 0 Å². The molecule has 0 fully saturated rings. The molecular formula is C7H14N2O. The molecule has 1 heterocycles. The third-order valence-corrected chi connectivity index (χ3v) is 0.877. The average molecular weight is 142 g/mol. The van der Waals surface area contributed by atoms with E-state index >= 15 is 0 Å². The molecule has 0 amide bonds. The van der Waals surface area contributed by atoms with Crippen LogP contribution >= 0.6 is 0 Å². The zero-order chi connectivity index (χ0) is 7.98. The number of aromatic nitrogens is 1. The van der Waals surface area contributed by atoms with Crippen molar-refractivity contribution < 1.29 is 4.42 Å². The molecule has 0 aromatic carbocycles. The Bertz CT molecular complexity index is 147. The summed E-state index contributed by atoms with van der Waals surface area (Å²) in [5.41, 5.74) is 0. The minimum absolute atomic E-state index is 0.852. The highest BCUT2D eigenvalue weighted by molar-refractivity contribution is 5.30. The van der Waals surface area contributed by atoms with Gasteiger partial charge in [-0.05, 0) is 0 Å². The largest absolute Gasteiger partial charge is 0.449 e. The molecular weight excluding hydrogens is 128 g/mol. The molecule has 1 rings (SSSR count). The quantitative estimate of drug-likeness (QED) is 0.598. The van der Waals surface area contributed by atoms with Crippen LogP contribution in [0.4, 0.5) is 5.82 Å². The third-order valence-electron chi connectivity index (χ3n) is 0.877. The SMILES string of the molecule is CC.CN(C)c1cocn1. The maximum absolute atomic E-state index is 4.72. The Balaban J connectivity index is 0.000000371. The van der Waals surface area contributed by atoms with Gasteiger partial charge in [0.25, 0.3) is 0 Å². The van der Waals surface area contributed by atoms with Gasteiger partial charge in [-0.2, -0.15) is 4.98 Å². The van der Waals surface area contributed by atoms with Crippen molar-refractivity contribution in [2.24, 2.45) is 0 Å². The van der Waals surface area contributed by atoms with Crippen LogP contribution < -0.4 is 4.90 Å². The molecule has 0 aliphatic heterocycles. The summed E-state index contributed by atoms with van der Waals surface area (Å²) in [5, 5.41) is 0. The fourth-order valence-electron chi connectivity index (χ4n) is 0.427. The second kappa shape index (κ2) is 4.85. The first kappa shape index (κ1) is 9.01. The van der Waals surface area contributed by atoms with Crippen LogP contribution in [0.25, 0.3) is 0 Å². The van der Waals surface area contributed by atoms with Crippen molar-refractivity contribution in [1.82, 2.24) is 4.98 Å². The Kier molecular flexibility index (Phi) is 4.37. The summed E-state index contributed by atoms with van der Waals surface area (Å²) < 4.78 is 4.72. The molecule has 1 aromatic heterocycles. The van der Waals surface area contributed by atoms with Crippen LogP contribution in [0.3, 0.4) is 0 Å². The first-order valence-corrected chi connectivity index (χ1v) is 3.36. The second-order valence-corrected chi connectivity index (χ2v) is 1.74. The summed E-state index contributed by atoms with van der Waals surface area (Å²) in [6.45, 7) is 4.00. The molecule has 58 valence electrons. The summed E-state index contributed by atoms with van der Waals surface area (Å²) in [4.78, 5) is 5.75. The third kappa shape index (κ3) is 2.53. The number of oxazole rings is 1. The Morgan fingerprint density at radius 2 is 2.00 bits per heavy atom. The van der Waals surface area contributed by atoms with E-state index in [9.17, 15) is 0 Å². The maximum atomic E-state index is 4.72. The van der Waals surface area contributed by atoms with Gasteiger partial charge in [-0.15, -0.1) is 0 Å². The minimum atomic E-state index is 0.852. The monoisotopic (exact) mass is 142 g/mol. The Morgan fingerprint density at radius 3 is 2.20 bits per heavy atom. The van der Waals surface area contributed by atoms with Crippen molar-refractivity contribution in [3.63, 3.8) is 0 Å². The van der Waals surface area contributed by atoms with Crippen molar-refractivity contribution >= 4 is 5.82 Å². The van der Waals surface area contributed by atoms with Crippen molar-refractivity contribution in [1.29, 1.82) is 0 Å². The van der Waals surface area contributed by atoms with Crippen LogP contribution in [0.15, 0.2) is 17.1 Å². The topological polar surface area (TPSA) is 29.3 Å². The number of rotatable bonds is 1. The predicted octanol–water partition coefficient (Wildman–Crippen LogP) is 1.77. The molecule has 0 radical (unpaired) electrons. The van der Waals surface area contributed by atoms with Gasteiger partial charge in [0, 0.05) is 14.1 Å². The molecule has 0 atom stereocenters. The minimum Gasteiger partial charge on any atom is -0.449 e. The van der Waals surface area contributed by atoms with Crippen molar-refractivity contribution in [3.05, 3.63) is 12.7 Å². The fraction of sp³-hybridized carbons (Fsp3) is 0.571. The van der Waals surface area contributed by atoms with E-state index in [4.69, 9.17) is 4.42 Å². The second-order valence-electron chi connectivity index (χ2n) is 1.74. The smallest absolute Gasteiger partial charge is 0.182 e. The zero-order valence-corrected chi connectivity index (χ0v) is 6.96.